The van der Waals surface area contributed by atoms with Crippen LogP contribution in [0.3, 0.4) is 0 Å². The zero-order valence-corrected chi connectivity index (χ0v) is 15.9. The summed E-state index contributed by atoms with van der Waals surface area (Å²) in [4.78, 5) is 12.4. The Labute approximate surface area is 157 Å². The van der Waals surface area contributed by atoms with Crippen molar-refractivity contribution in [1.82, 2.24) is 20.2 Å². The Morgan fingerprint density at radius 1 is 1.48 bits per heavy atom. The number of halogens is 1. The highest BCUT2D eigenvalue weighted by Crippen LogP contribution is 2.40. The lowest BCUT2D eigenvalue weighted by Gasteiger charge is -2.27. The molecule has 0 bridgehead atoms. The number of fused-ring (bicyclic) bond motifs is 1. The normalized spacial score (nSPS) is 16.2. The second-order valence-electron chi connectivity index (χ2n) is 5.29. The molecule has 1 aliphatic heterocycles. The minimum Gasteiger partial charge on any atom is -0.504 e. The number of nitrogens with one attached hydrogen (secondary N) is 1. The molecule has 10 heteroatoms. The SMILES string of the molecule is CCOc1cc([C@H]2C(C(=O)OC)=C(C)Nc3nnnn32)cc(I)c1O. The first kappa shape index (κ1) is 17.5. The summed E-state index contributed by atoms with van der Waals surface area (Å²) in [5, 5.41) is 24.8. The first-order chi connectivity index (χ1) is 12.0. The van der Waals surface area contributed by atoms with Crippen molar-refractivity contribution < 1.29 is 19.4 Å². The lowest BCUT2D eigenvalue weighted by atomic mass is 9.95. The molecule has 0 spiro atoms. The molecule has 0 fully saturated rings. The van der Waals surface area contributed by atoms with Crippen molar-refractivity contribution in [1.29, 1.82) is 0 Å². The lowest BCUT2D eigenvalue weighted by molar-refractivity contribution is -0.136. The predicted octanol–water partition coefficient (Wildman–Crippen LogP) is 1.84. The molecule has 2 N–H and O–H groups in total. The Balaban J connectivity index is 2.21. The van der Waals surface area contributed by atoms with Crippen LogP contribution in [-0.4, -0.2) is 45.0 Å². The first-order valence-electron chi connectivity index (χ1n) is 7.47. The van der Waals surface area contributed by atoms with Crippen molar-refractivity contribution in [3.63, 3.8) is 0 Å². The highest BCUT2D eigenvalue weighted by molar-refractivity contribution is 14.1. The molecular weight excluding hydrogens is 441 g/mol. The fourth-order valence-corrected chi connectivity index (χ4v) is 3.34. The first-order valence-corrected chi connectivity index (χ1v) is 8.55. The standard InChI is InChI=1S/C15H16IN5O4/c1-4-25-10-6-8(5-9(16)13(10)22)12-11(14(23)24-3)7(2)17-15-18-19-20-21(12)15/h5-6,12,22H,4H2,1-3H3,(H,17,18,20)/t12-/m0/s1. The van der Waals surface area contributed by atoms with Crippen LogP contribution in [0.1, 0.15) is 25.5 Å². The highest BCUT2D eigenvalue weighted by atomic mass is 127. The second-order valence-corrected chi connectivity index (χ2v) is 6.45. The van der Waals surface area contributed by atoms with E-state index in [9.17, 15) is 9.90 Å². The van der Waals surface area contributed by atoms with Crippen molar-refractivity contribution in [2.24, 2.45) is 0 Å². The van der Waals surface area contributed by atoms with Gasteiger partial charge in [0.05, 0.1) is 22.9 Å². The second kappa shape index (κ2) is 6.86. The van der Waals surface area contributed by atoms with Crippen molar-refractivity contribution >= 4 is 34.5 Å². The number of phenols is 1. The van der Waals surface area contributed by atoms with Gasteiger partial charge >= 0.3 is 5.97 Å². The number of esters is 1. The van der Waals surface area contributed by atoms with E-state index >= 15 is 0 Å². The molecule has 132 valence electrons. The molecule has 2 aromatic rings. The van der Waals surface area contributed by atoms with Crippen molar-refractivity contribution in [2.75, 3.05) is 19.0 Å². The van der Waals surface area contributed by atoms with Gasteiger partial charge in [-0.15, -0.1) is 0 Å². The van der Waals surface area contributed by atoms with Gasteiger partial charge in [-0.2, -0.15) is 4.68 Å². The van der Waals surface area contributed by atoms with Crippen LogP contribution in [0.15, 0.2) is 23.4 Å². The fraction of sp³-hybridized carbons (Fsp3) is 0.333. The number of tetrazole rings is 1. The van der Waals surface area contributed by atoms with Gasteiger partial charge in [0.1, 0.15) is 6.04 Å². The number of phenolic OH excluding ortho intramolecular Hbond substituents is 1. The molecule has 9 nitrogen and oxygen atoms in total. The number of nitrogens with zero attached hydrogens (tertiary/aromatic N) is 4. The van der Waals surface area contributed by atoms with Crippen LogP contribution in [0.5, 0.6) is 11.5 Å². The van der Waals surface area contributed by atoms with E-state index in [2.05, 4.69) is 20.8 Å². The number of carbonyl (C=O) groups excluding carboxylic acids is 1. The van der Waals surface area contributed by atoms with Gasteiger partial charge in [0.2, 0.25) is 5.95 Å². The van der Waals surface area contributed by atoms with Gasteiger partial charge in [-0.25, -0.2) is 4.79 Å². The van der Waals surface area contributed by atoms with Gasteiger partial charge in [0, 0.05) is 5.70 Å². The van der Waals surface area contributed by atoms with E-state index in [0.29, 0.717) is 38.7 Å². The number of hydrogen-bond donors (Lipinski definition) is 2. The van der Waals surface area contributed by atoms with E-state index in [1.807, 2.05) is 29.5 Å². The monoisotopic (exact) mass is 457 g/mol. The average Bonchev–Trinajstić information content (AvgIpc) is 3.04. The van der Waals surface area contributed by atoms with Crippen LogP contribution >= 0.6 is 22.6 Å². The minimum absolute atomic E-state index is 0.0531. The molecule has 2 heterocycles. The number of rotatable bonds is 4. The van der Waals surface area contributed by atoms with Gasteiger partial charge in [0.15, 0.2) is 11.5 Å². The molecule has 1 aromatic carbocycles. The van der Waals surface area contributed by atoms with Crippen LogP contribution in [0.2, 0.25) is 0 Å². The maximum atomic E-state index is 12.4. The number of hydrogen-bond acceptors (Lipinski definition) is 8. The van der Waals surface area contributed by atoms with Crippen LogP contribution in [0, 0.1) is 3.57 Å². The van der Waals surface area contributed by atoms with Gasteiger partial charge in [-0.1, -0.05) is 5.10 Å². The summed E-state index contributed by atoms with van der Waals surface area (Å²) in [5.74, 6) is 0.310. The summed E-state index contributed by atoms with van der Waals surface area (Å²) in [5.41, 5.74) is 1.67. The molecule has 0 saturated carbocycles. The summed E-state index contributed by atoms with van der Waals surface area (Å²) in [6, 6.07) is 2.83. The third-order valence-corrected chi connectivity index (χ3v) is 4.61. The third-order valence-electron chi connectivity index (χ3n) is 3.79. The van der Waals surface area contributed by atoms with E-state index < -0.39 is 12.0 Å². The maximum Gasteiger partial charge on any atom is 0.338 e. The molecule has 1 aromatic heterocycles. The molecule has 0 aliphatic carbocycles. The Hall–Kier alpha value is -2.37. The topological polar surface area (TPSA) is 111 Å². The maximum absolute atomic E-state index is 12.4. The Kier molecular flexibility index (Phi) is 4.79. The van der Waals surface area contributed by atoms with E-state index in [0.717, 1.165) is 0 Å². The van der Waals surface area contributed by atoms with Gasteiger partial charge in [-0.05, 0) is 64.6 Å². The van der Waals surface area contributed by atoms with Gasteiger partial charge in [-0.3, -0.25) is 0 Å². The van der Waals surface area contributed by atoms with E-state index in [1.165, 1.54) is 11.8 Å². The van der Waals surface area contributed by atoms with Crippen LogP contribution in [-0.2, 0) is 9.53 Å². The zero-order chi connectivity index (χ0) is 18.1. The van der Waals surface area contributed by atoms with Crippen molar-refractivity contribution in [3.8, 4) is 11.5 Å². The number of aromatic hydroxyl groups is 1. The molecule has 0 amide bonds. The van der Waals surface area contributed by atoms with Crippen molar-refractivity contribution in [3.05, 3.63) is 32.5 Å². The number of benzene rings is 1. The Morgan fingerprint density at radius 3 is 2.92 bits per heavy atom. The number of methoxy groups -OCH3 is 1. The quantitative estimate of drug-likeness (QED) is 0.529. The Bertz CT molecular complexity index is 864. The van der Waals surface area contributed by atoms with E-state index in [-0.39, 0.29) is 5.75 Å². The summed E-state index contributed by atoms with van der Waals surface area (Å²) in [7, 11) is 1.32. The summed E-state index contributed by atoms with van der Waals surface area (Å²) < 4.78 is 12.5. The molecule has 0 radical (unpaired) electrons. The predicted molar refractivity (Wildman–Crippen MR) is 96.3 cm³/mol. The number of anilines is 1. The van der Waals surface area contributed by atoms with E-state index in [1.54, 1.807) is 19.1 Å². The fourth-order valence-electron chi connectivity index (χ4n) is 2.71. The molecular formula is C15H16IN5O4. The molecule has 25 heavy (non-hydrogen) atoms. The minimum atomic E-state index is -0.605. The van der Waals surface area contributed by atoms with Crippen LogP contribution in [0.4, 0.5) is 5.95 Å². The van der Waals surface area contributed by atoms with E-state index in [4.69, 9.17) is 9.47 Å². The molecule has 3 rings (SSSR count). The number of ether oxygens (including phenoxy) is 2. The lowest BCUT2D eigenvalue weighted by Crippen LogP contribution is -2.29. The number of aromatic nitrogens is 4. The van der Waals surface area contributed by atoms with Gasteiger partial charge < -0.3 is 19.9 Å². The smallest absolute Gasteiger partial charge is 0.338 e. The summed E-state index contributed by atoms with van der Waals surface area (Å²) in [6.45, 7) is 3.98. The zero-order valence-electron chi connectivity index (χ0n) is 13.8. The average molecular weight is 457 g/mol. The summed E-state index contributed by atoms with van der Waals surface area (Å²) in [6.07, 6.45) is 0. The molecule has 0 saturated heterocycles. The molecule has 0 unspecified atom stereocenters. The highest BCUT2D eigenvalue weighted by Gasteiger charge is 2.35. The van der Waals surface area contributed by atoms with Crippen LogP contribution in [0.25, 0.3) is 0 Å². The number of allylic oxidation sites excluding steroid dienone is 1. The summed E-state index contributed by atoms with van der Waals surface area (Å²) >= 11 is 2.01. The molecule has 1 atom stereocenters. The largest absolute Gasteiger partial charge is 0.504 e. The van der Waals surface area contributed by atoms with Crippen LogP contribution < -0.4 is 10.1 Å². The number of carbonyl (C=O) groups is 1. The van der Waals surface area contributed by atoms with Crippen molar-refractivity contribution in [2.45, 2.75) is 19.9 Å². The molecule has 1 aliphatic rings. The third kappa shape index (κ3) is 3.01. The van der Waals surface area contributed by atoms with Gasteiger partial charge in [0.25, 0.3) is 0 Å². The Morgan fingerprint density at radius 2 is 2.24 bits per heavy atom.